The average Bonchev–Trinajstić information content (AvgIpc) is 3.40. The highest BCUT2D eigenvalue weighted by molar-refractivity contribution is 5.74. The molecule has 2 amide bonds. The van der Waals surface area contributed by atoms with Crippen LogP contribution in [-0.2, 0) is 11.2 Å². The average molecular weight is 318 g/mol. The molecule has 3 N–H and O–H groups in total. The van der Waals surface area contributed by atoms with Crippen LogP contribution in [0.25, 0.3) is 0 Å². The number of carbonyl (C=O) groups is 1. The number of amides is 2. The van der Waals surface area contributed by atoms with Gasteiger partial charge in [-0.1, -0.05) is 30.3 Å². The summed E-state index contributed by atoms with van der Waals surface area (Å²) in [6.07, 6.45) is 5.22. The highest BCUT2D eigenvalue weighted by Gasteiger charge is 2.36. The third-order valence-electron chi connectivity index (χ3n) is 4.68. The Balaban J connectivity index is 1.45. The van der Waals surface area contributed by atoms with Crippen molar-refractivity contribution in [1.29, 1.82) is 0 Å². The predicted octanol–water partition coefficient (Wildman–Crippen LogP) is 1.85. The summed E-state index contributed by atoms with van der Waals surface area (Å²) < 4.78 is 5.78. The highest BCUT2D eigenvalue weighted by Crippen LogP contribution is 2.38. The molecule has 1 aliphatic heterocycles. The normalized spacial score (nSPS) is 25.6. The van der Waals surface area contributed by atoms with E-state index in [0.29, 0.717) is 18.4 Å². The Kier molecular flexibility index (Phi) is 5.51. The molecule has 1 aliphatic carbocycles. The number of carbonyl (C=O) groups excluding carboxylic acids is 1. The lowest BCUT2D eigenvalue weighted by atomic mass is 10.0. The van der Waals surface area contributed by atoms with Crippen LogP contribution in [0.1, 0.15) is 31.2 Å². The van der Waals surface area contributed by atoms with Gasteiger partial charge in [-0.3, -0.25) is 0 Å². The van der Waals surface area contributed by atoms with Crippen molar-refractivity contribution in [3.05, 3.63) is 35.9 Å². The van der Waals surface area contributed by atoms with Gasteiger partial charge in [-0.15, -0.1) is 0 Å². The van der Waals surface area contributed by atoms with Gasteiger partial charge in [0.2, 0.25) is 0 Å². The molecule has 0 radical (unpaired) electrons. The minimum absolute atomic E-state index is 0.0687. The molecule has 3 rings (SSSR count). The van der Waals surface area contributed by atoms with E-state index in [2.05, 4.69) is 10.6 Å². The molecule has 1 saturated carbocycles. The minimum Gasteiger partial charge on any atom is -0.394 e. The van der Waals surface area contributed by atoms with Gasteiger partial charge in [0.05, 0.1) is 18.8 Å². The zero-order valence-electron chi connectivity index (χ0n) is 13.4. The van der Waals surface area contributed by atoms with Crippen molar-refractivity contribution in [2.24, 2.45) is 5.92 Å². The first-order valence-electron chi connectivity index (χ1n) is 8.58. The lowest BCUT2D eigenvalue weighted by Crippen LogP contribution is -2.50. The van der Waals surface area contributed by atoms with Crippen molar-refractivity contribution in [2.75, 3.05) is 13.2 Å². The number of urea groups is 1. The number of rotatable bonds is 6. The van der Waals surface area contributed by atoms with Gasteiger partial charge in [-0.05, 0) is 43.6 Å². The zero-order chi connectivity index (χ0) is 16.1. The minimum atomic E-state index is -0.267. The molecule has 1 aromatic rings. The second-order valence-electron chi connectivity index (χ2n) is 6.65. The summed E-state index contributed by atoms with van der Waals surface area (Å²) in [5.74, 6) is 0.700. The van der Waals surface area contributed by atoms with Crippen LogP contribution < -0.4 is 10.6 Å². The molecule has 1 aromatic carbocycles. The van der Waals surface area contributed by atoms with Gasteiger partial charge >= 0.3 is 6.03 Å². The number of hydrogen-bond donors (Lipinski definition) is 3. The van der Waals surface area contributed by atoms with Crippen LogP contribution in [0.2, 0.25) is 0 Å². The maximum Gasteiger partial charge on any atom is 0.315 e. The van der Waals surface area contributed by atoms with Crippen LogP contribution in [0.5, 0.6) is 0 Å². The summed E-state index contributed by atoms with van der Waals surface area (Å²) in [6.45, 7) is 0.653. The third kappa shape index (κ3) is 4.94. The van der Waals surface area contributed by atoms with Crippen molar-refractivity contribution in [3.8, 4) is 0 Å². The van der Waals surface area contributed by atoms with Crippen LogP contribution >= 0.6 is 0 Å². The molecule has 0 unspecified atom stereocenters. The molecule has 126 valence electrons. The number of benzene rings is 1. The molecule has 3 atom stereocenters. The second kappa shape index (κ2) is 7.79. The first-order valence-corrected chi connectivity index (χ1v) is 8.58. The fourth-order valence-electron chi connectivity index (χ4n) is 3.23. The van der Waals surface area contributed by atoms with Crippen LogP contribution in [0.4, 0.5) is 4.79 Å². The van der Waals surface area contributed by atoms with E-state index in [9.17, 15) is 9.90 Å². The lowest BCUT2D eigenvalue weighted by Gasteiger charge is -2.30. The molecule has 2 fully saturated rings. The van der Waals surface area contributed by atoms with E-state index in [4.69, 9.17) is 4.74 Å². The summed E-state index contributed by atoms with van der Waals surface area (Å²) in [5.41, 5.74) is 1.10. The molecule has 0 bridgehead atoms. The second-order valence-corrected chi connectivity index (χ2v) is 6.65. The standard InChI is InChI=1S/C18H26N2O3/c21-12-16(10-13-4-2-1-3-5-13)20-18(22)19-15-8-9-23-17(11-15)14-6-7-14/h1-5,14-17,21H,6-12H2,(H2,19,20,22)/t15-,16-,17+/m0/s1. The third-order valence-corrected chi connectivity index (χ3v) is 4.68. The van der Waals surface area contributed by atoms with Gasteiger partial charge < -0.3 is 20.5 Å². The first kappa shape index (κ1) is 16.3. The van der Waals surface area contributed by atoms with E-state index >= 15 is 0 Å². The van der Waals surface area contributed by atoms with Crippen LogP contribution in [-0.4, -0.2) is 42.5 Å². The van der Waals surface area contributed by atoms with Crippen LogP contribution in [0.15, 0.2) is 30.3 Å². The molecular weight excluding hydrogens is 292 g/mol. The monoisotopic (exact) mass is 318 g/mol. The topological polar surface area (TPSA) is 70.6 Å². The molecule has 0 spiro atoms. The zero-order valence-corrected chi connectivity index (χ0v) is 13.4. The van der Waals surface area contributed by atoms with E-state index in [1.165, 1.54) is 12.8 Å². The molecule has 5 heteroatoms. The molecular formula is C18H26N2O3. The van der Waals surface area contributed by atoms with Gasteiger partial charge in [0.1, 0.15) is 0 Å². The Morgan fingerprint density at radius 3 is 2.74 bits per heavy atom. The molecule has 0 aromatic heterocycles. The fourth-order valence-corrected chi connectivity index (χ4v) is 3.23. The van der Waals surface area contributed by atoms with E-state index < -0.39 is 0 Å². The maximum absolute atomic E-state index is 12.2. The van der Waals surface area contributed by atoms with Crippen molar-refractivity contribution >= 4 is 6.03 Å². The predicted molar refractivity (Wildman–Crippen MR) is 88.2 cm³/mol. The summed E-state index contributed by atoms with van der Waals surface area (Å²) in [7, 11) is 0. The van der Waals surface area contributed by atoms with Crippen LogP contribution in [0, 0.1) is 5.92 Å². The Morgan fingerprint density at radius 2 is 2.04 bits per heavy atom. The molecule has 1 saturated heterocycles. The fraction of sp³-hybridized carbons (Fsp3) is 0.611. The van der Waals surface area contributed by atoms with E-state index in [1.54, 1.807) is 0 Å². The van der Waals surface area contributed by atoms with Gasteiger partial charge in [0, 0.05) is 12.6 Å². The summed E-state index contributed by atoms with van der Waals surface area (Å²) in [4.78, 5) is 12.2. The van der Waals surface area contributed by atoms with E-state index in [1.807, 2.05) is 30.3 Å². The SMILES string of the molecule is O=C(N[C@H](CO)Cc1ccccc1)N[C@H]1CCO[C@@H](C2CC2)C1. The Hall–Kier alpha value is -1.59. The molecule has 23 heavy (non-hydrogen) atoms. The Morgan fingerprint density at radius 1 is 1.26 bits per heavy atom. The molecule has 1 heterocycles. The summed E-state index contributed by atoms with van der Waals surface area (Å²) in [5, 5.41) is 15.4. The van der Waals surface area contributed by atoms with E-state index in [-0.39, 0.29) is 24.7 Å². The van der Waals surface area contributed by atoms with Gasteiger partial charge in [0.15, 0.2) is 0 Å². The maximum atomic E-state index is 12.2. The van der Waals surface area contributed by atoms with Crippen molar-refractivity contribution in [1.82, 2.24) is 10.6 Å². The smallest absolute Gasteiger partial charge is 0.315 e. The number of aliphatic hydroxyl groups is 1. The van der Waals surface area contributed by atoms with Gasteiger partial charge in [-0.2, -0.15) is 0 Å². The molecule has 2 aliphatic rings. The highest BCUT2D eigenvalue weighted by atomic mass is 16.5. The van der Waals surface area contributed by atoms with E-state index in [0.717, 1.165) is 25.0 Å². The Labute approximate surface area is 137 Å². The van der Waals surface area contributed by atoms with Crippen molar-refractivity contribution in [3.63, 3.8) is 0 Å². The number of nitrogens with one attached hydrogen (secondary N) is 2. The van der Waals surface area contributed by atoms with Crippen LogP contribution in [0.3, 0.4) is 0 Å². The van der Waals surface area contributed by atoms with Gasteiger partial charge in [-0.25, -0.2) is 4.79 Å². The number of aliphatic hydroxyl groups excluding tert-OH is 1. The largest absolute Gasteiger partial charge is 0.394 e. The Bertz CT molecular complexity index is 504. The molecule has 5 nitrogen and oxygen atoms in total. The quantitative estimate of drug-likeness (QED) is 0.749. The number of ether oxygens (including phenoxy) is 1. The van der Waals surface area contributed by atoms with Crippen molar-refractivity contribution < 1.29 is 14.6 Å². The summed E-state index contributed by atoms with van der Waals surface area (Å²) in [6, 6.07) is 9.60. The first-order chi connectivity index (χ1) is 11.2. The van der Waals surface area contributed by atoms with Crippen molar-refractivity contribution in [2.45, 2.75) is 50.3 Å². The summed E-state index contributed by atoms with van der Waals surface area (Å²) >= 11 is 0. The lowest BCUT2D eigenvalue weighted by molar-refractivity contribution is -0.00921. The van der Waals surface area contributed by atoms with Gasteiger partial charge in [0.25, 0.3) is 0 Å². The number of hydrogen-bond acceptors (Lipinski definition) is 3.